The fraction of sp³-hybridized carbons (Fsp3) is 0.833. The van der Waals surface area contributed by atoms with E-state index in [1.54, 1.807) is 14.0 Å². The van der Waals surface area contributed by atoms with Gasteiger partial charge in [0.25, 0.3) is 0 Å². The molecular formula is C6H14ClNO3. The van der Waals surface area contributed by atoms with E-state index in [2.05, 4.69) is 5.32 Å². The van der Waals surface area contributed by atoms with Gasteiger partial charge >= 0.3 is 5.97 Å². The minimum atomic E-state index is -0.892. The van der Waals surface area contributed by atoms with Crippen molar-refractivity contribution in [3.05, 3.63) is 0 Å². The second kappa shape index (κ2) is 6.39. The number of hydrogen-bond acceptors (Lipinski definition) is 3. The second-order valence-corrected chi connectivity index (χ2v) is 2.05. The molecule has 68 valence electrons. The lowest BCUT2D eigenvalue weighted by molar-refractivity contribution is -0.142. The molecule has 0 aliphatic heterocycles. The average molecular weight is 184 g/mol. The summed E-state index contributed by atoms with van der Waals surface area (Å²) in [6, 6.07) is -0.620. The van der Waals surface area contributed by atoms with Gasteiger partial charge < -0.3 is 15.2 Å². The Morgan fingerprint density at radius 1 is 1.64 bits per heavy atom. The van der Waals surface area contributed by atoms with Crippen LogP contribution >= 0.6 is 12.4 Å². The lowest BCUT2D eigenvalue weighted by Gasteiger charge is -2.17. The van der Waals surface area contributed by atoms with Gasteiger partial charge in [-0.25, -0.2) is 0 Å². The number of carboxylic acids is 1. The number of carbonyl (C=O) groups is 1. The summed E-state index contributed by atoms with van der Waals surface area (Å²) >= 11 is 0. The fourth-order valence-electron chi connectivity index (χ4n) is 0.695. The summed E-state index contributed by atoms with van der Waals surface area (Å²) in [6.07, 6.45) is -0.303. The Kier molecular flexibility index (Phi) is 7.72. The maximum atomic E-state index is 10.4. The van der Waals surface area contributed by atoms with Crippen LogP contribution in [0.4, 0.5) is 0 Å². The van der Waals surface area contributed by atoms with E-state index < -0.39 is 12.0 Å². The molecular weight excluding hydrogens is 170 g/mol. The number of nitrogens with one attached hydrogen (secondary N) is 1. The first kappa shape index (κ1) is 13.3. The van der Waals surface area contributed by atoms with Crippen LogP contribution in [0.25, 0.3) is 0 Å². The topological polar surface area (TPSA) is 58.6 Å². The molecule has 0 radical (unpaired) electrons. The van der Waals surface area contributed by atoms with Crippen molar-refractivity contribution in [2.45, 2.75) is 19.1 Å². The standard InChI is InChI=1S/C6H13NO3.ClH/c1-4(10-3)5(7-2)6(8)9;/h4-5,7H,1-3H3,(H,8,9);1H. The summed E-state index contributed by atoms with van der Waals surface area (Å²) in [5, 5.41) is 11.2. The van der Waals surface area contributed by atoms with Gasteiger partial charge in [0.05, 0.1) is 6.10 Å². The molecule has 0 fully saturated rings. The zero-order chi connectivity index (χ0) is 8.15. The summed E-state index contributed by atoms with van der Waals surface area (Å²) in [5.74, 6) is -0.892. The van der Waals surface area contributed by atoms with Crippen molar-refractivity contribution >= 4 is 18.4 Å². The summed E-state index contributed by atoms with van der Waals surface area (Å²) in [6.45, 7) is 1.70. The molecule has 2 atom stereocenters. The van der Waals surface area contributed by atoms with Gasteiger partial charge in [0.1, 0.15) is 6.04 Å². The Hall–Kier alpha value is -0.320. The number of carboxylic acid groups (broad SMARTS) is 1. The number of likely N-dealkylation sites (N-methyl/N-ethyl adjacent to an activating group) is 1. The number of rotatable bonds is 4. The smallest absolute Gasteiger partial charge is 0.323 e. The van der Waals surface area contributed by atoms with E-state index in [4.69, 9.17) is 9.84 Å². The quantitative estimate of drug-likeness (QED) is 0.650. The first-order chi connectivity index (χ1) is 4.63. The van der Waals surface area contributed by atoms with Gasteiger partial charge in [0.15, 0.2) is 0 Å². The van der Waals surface area contributed by atoms with Gasteiger partial charge in [-0.05, 0) is 14.0 Å². The first-order valence-corrected chi connectivity index (χ1v) is 3.06. The summed E-state index contributed by atoms with van der Waals surface area (Å²) < 4.78 is 4.82. The minimum absolute atomic E-state index is 0. The second-order valence-electron chi connectivity index (χ2n) is 2.05. The maximum absolute atomic E-state index is 10.4. The number of hydrogen-bond donors (Lipinski definition) is 2. The average Bonchev–Trinajstić information content (AvgIpc) is 1.88. The van der Waals surface area contributed by atoms with Crippen LogP contribution in [-0.2, 0) is 9.53 Å². The Morgan fingerprint density at radius 3 is 2.18 bits per heavy atom. The van der Waals surface area contributed by atoms with E-state index in [1.165, 1.54) is 7.11 Å². The molecule has 0 aliphatic rings. The number of ether oxygens (including phenoxy) is 1. The van der Waals surface area contributed by atoms with Crippen molar-refractivity contribution in [3.63, 3.8) is 0 Å². The Morgan fingerprint density at radius 2 is 2.09 bits per heavy atom. The van der Waals surface area contributed by atoms with Gasteiger partial charge in [-0.2, -0.15) is 0 Å². The first-order valence-electron chi connectivity index (χ1n) is 3.06. The van der Waals surface area contributed by atoms with Gasteiger partial charge in [-0.15, -0.1) is 12.4 Å². The molecule has 0 aliphatic carbocycles. The van der Waals surface area contributed by atoms with Crippen LogP contribution < -0.4 is 5.32 Å². The highest BCUT2D eigenvalue weighted by Crippen LogP contribution is 1.95. The predicted molar refractivity (Wildman–Crippen MR) is 44.2 cm³/mol. The molecule has 0 aromatic carbocycles. The van der Waals surface area contributed by atoms with Crippen molar-refractivity contribution in [1.82, 2.24) is 5.32 Å². The molecule has 0 spiro atoms. The van der Waals surface area contributed by atoms with E-state index >= 15 is 0 Å². The van der Waals surface area contributed by atoms with E-state index in [0.717, 1.165) is 0 Å². The molecule has 4 nitrogen and oxygen atoms in total. The van der Waals surface area contributed by atoms with Crippen LogP contribution in [0.5, 0.6) is 0 Å². The number of aliphatic carboxylic acids is 1. The summed E-state index contributed by atoms with van der Waals surface area (Å²) in [7, 11) is 3.08. The molecule has 11 heavy (non-hydrogen) atoms. The molecule has 0 saturated heterocycles. The molecule has 0 bridgehead atoms. The summed E-state index contributed by atoms with van der Waals surface area (Å²) in [5.41, 5.74) is 0. The lowest BCUT2D eigenvalue weighted by Crippen LogP contribution is -2.43. The predicted octanol–water partition coefficient (Wildman–Crippen LogP) is 0.116. The largest absolute Gasteiger partial charge is 0.480 e. The zero-order valence-corrected chi connectivity index (χ0v) is 7.64. The van der Waals surface area contributed by atoms with Crippen molar-refractivity contribution in [1.29, 1.82) is 0 Å². The molecule has 0 saturated carbocycles. The van der Waals surface area contributed by atoms with Gasteiger partial charge in [0.2, 0.25) is 0 Å². The van der Waals surface area contributed by atoms with Crippen molar-refractivity contribution in [2.75, 3.05) is 14.2 Å². The molecule has 5 heteroatoms. The molecule has 0 heterocycles. The van der Waals surface area contributed by atoms with Crippen LogP contribution in [0.3, 0.4) is 0 Å². The van der Waals surface area contributed by atoms with Gasteiger partial charge in [-0.3, -0.25) is 4.79 Å². The monoisotopic (exact) mass is 183 g/mol. The Bertz CT molecular complexity index is 120. The minimum Gasteiger partial charge on any atom is -0.480 e. The zero-order valence-electron chi connectivity index (χ0n) is 6.83. The SMILES string of the molecule is CNC(C(=O)O)C(C)OC.Cl. The molecule has 0 amide bonds. The maximum Gasteiger partial charge on any atom is 0.323 e. The lowest BCUT2D eigenvalue weighted by atomic mass is 10.2. The molecule has 2 N–H and O–H groups in total. The summed E-state index contributed by atoms with van der Waals surface area (Å²) in [4.78, 5) is 10.4. The number of halogens is 1. The van der Waals surface area contributed by atoms with Crippen LogP contribution in [-0.4, -0.2) is 37.4 Å². The normalized spacial score (nSPS) is 14.8. The van der Waals surface area contributed by atoms with Crippen LogP contribution in [0.2, 0.25) is 0 Å². The van der Waals surface area contributed by atoms with E-state index in [-0.39, 0.29) is 18.5 Å². The van der Waals surface area contributed by atoms with E-state index in [0.29, 0.717) is 0 Å². The third kappa shape index (κ3) is 4.19. The third-order valence-corrected chi connectivity index (χ3v) is 1.42. The van der Waals surface area contributed by atoms with Crippen LogP contribution in [0, 0.1) is 0 Å². The fourth-order valence-corrected chi connectivity index (χ4v) is 0.695. The molecule has 0 rings (SSSR count). The molecule has 0 aromatic rings. The molecule has 2 unspecified atom stereocenters. The molecule has 0 aromatic heterocycles. The van der Waals surface area contributed by atoms with Crippen molar-refractivity contribution in [3.8, 4) is 0 Å². The van der Waals surface area contributed by atoms with Crippen LogP contribution in [0.15, 0.2) is 0 Å². The highest BCUT2D eigenvalue weighted by molar-refractivity contribution is 5.85. The van der Waals surface area contributed by atoms with Crippen molar-refractivity contribution in [2.24, 2.45) is 0 Å². The third-order valence-electron chi connectivity index (χ3n) is 1.42. The Balaban J connectivity index is 0. The van der Waals surface area contributed by atoms with Crippen LogP contribution in [0.1, 0.15) is 6.92 Å². The van der Waals surface area contributed by atoms with Gasteiger partial charge in [-0.1, -0.05) is 0 Å². The van der Waals surface area contributed by atoms with Gasteiger partial charge in [0, 0.05) is 7.11 Å². The van der Waals surface area contributed by atoms with E-state index in [1.807, 2.05) is 0 Å². The van der Waals surface area contributed by atoms with E-state index in [9.17, 15) is 4.79 Å². The van der Waals surface area contributed by atoms with Crippen molar-refractivity contribution < 1.29 is 14.6 Å². The highest BCUT2D eigenvalue weighted by atomic mass is 35.5. The number of methoxy groups -OCH3 is 1. The Labute approximate surface area is 72.3 Å². The highest BCUT2D eigenvalue weighted by Gasteiger charge is 2.21.